The first-order valence-electron chi connectivity index (χ1n) is 26.7. The number of para-hydroxylation sites is 1. The van der Waals surface area contributed by atoms with Gasteiger partial charge in [-0.15, -0.1) is 0 Å². The number of carbonyl (C=O) groups is 12. The summed E-state index contributed by atoms with van der Waals surface area (Å²) in [6.07, 6.45) is -0.665. The first-order chi connectivity index (χ1) is 36.5. The number of hydrogen-bond acceptors (Lipinski definition) is 15. The lowest BCUT2D eigenvalue weighted by atomic mass is 9.87. The molecule has 12 N–H and O–H groups in total. The lowest BCUT2D eigenvalue weighted by Crippen LogP contribution is -2.49. The monoisotopic (exact) mass is 1080 g/mol. The summed E-state index contributed by atoms with van der Waals surface area (Å²) in [5, 5.41) is 40.8. The molecule has 0 saturated carbocycles. The molecule has 4 rings (SSSR count). The van der Waals surface area contributed by atoms with Crippen molar-refractivity contribution in [2.24, 2.45) is 35.1 Å². The molecular weight excluding hydrogens is 1000 g/mol. The molecule has 9 atom stereocenters. The normalized spacial score (nSPS) is 18.6. The average Bonchev–Trinajstić information content (AvgIpc) is 4.15. The summed E-state index contributed by atoms with van der Waals surface area (Å²) < 4.78 is 0. The zero-order valence-corrected chi connectivity index (χ0v) is 44.4. The molecule has 0 radical (unpaired) electrons. The van der Waals surface area contributed by atoms with E-state index in [0.29, 0.717) is 48.7 Å². The highest BCUT2D eigenvalue weighted by atomic mass is 16.4. The van der Waals surface area contributed by atoms with Crippen molar-refractivity contribution in [3.8, 4) is 0 Å². The van der Waals surface area contributed by atoms with E-state index in [9.17, 15) is 72.9 Å². The second-order valence-electron chi connectivity index (χ2n) is 21.0. The van der Waals surface area contributed by atoms with E-state index in [0.717, 1.165) is 0 Å². The Morgan fingerprint density at radius 3 is 2.08 bits per heavy atom. The van der Waals surface area contributed by atoms with Crippen LogP contribution in [0, 0.1) is 23.7 Å². The number of nitrogens with two attached hydrogens (primary N) is 2. The van der Waals surface area contributed by atoms with Gasteiger partial charge in [0.25, 0.3) is 0 Å². The van der Waals surface area contributed by atoms with Crippen molar-refractivity contribution >= 4 is 81.3 Å². The number of nitrogens with one attached hydrogen (secondary N) is 5. The Kier molecular flexibility index (Phi) is 25.2. The molecule has 1 aromatic heterocycles. The van der Waals surface area contributed by atoms with Gasteiger partial charge in [0.15, 0.2) is 23.1 Å². The number of amides is 5. The number of hydrogen-bond donors (Lipinski definition) is 10. The Labute approximate surface area is 447 Å². The number of fused-ring (bicyclic) bond motifs is 1. The molecule has 1 aromatic carbocycles. The van der Waals surface area contributed by atoms with Crippen LogP contribution >= 0.6 is 0 Å². The molecular formula is C54H78N8O15. The Hall–Kier alpha value is -6.72. The number of aliphatic hydroxyl groups is 1. The molecule has 0 unspecified atom stereocenters. The number of aliphatic carboxylic acids is 2. The molecule has 5 amide bonds. The number of aromatic amines is 1. The Morgan fingerprint density at radius 1 is 0.740 bits per heavy atom. The number of carbonyl (C=O) groups excluding carboxylic acids is 10. The summed E-state index contributed by atoms with van der Waals surface area (Å²) in [4.78, 5) is 163. The van der Waals surface area contributed by atoms with Crippen LogP contribution < -0.4 is 32.7 Å². The molecule has 2 fully saturated rings. The minimum absolute atomic E-state index is 0.134. The predicted octanol–water partition coefficient (Wildman–Crippen LogP) is 1.32. The van der Waals surface area contributed by atoms with E-state index in [1.807, 2.05) is 13.8 Å². The van der Waals surface area contributed by atoms with Crippen molar-refractivity contribution in [2.45, 2.75) is 173 Å². The number of likely N-dealkylation sites (tertiary alicyclic amines) is 1. The predicted molar refractivity (Wildman–Crippen MR) is 279 cm³/mol. The van der Waals surface area contributed by atoms with Crippen molar-refractivity contribution in [1.82, 2.24) is 31.2 Å². The molecule has 3 heterocycles. The maximum absolute atomic E-state index is 14.6. The van der Waals surface area contributed by atoms with Gasteiger partial charge in [-0.1, -0.05) is 38.5 Å². The lowest BCUT2D eigenvalue weighted by Gasteiger charge is -2.26. The highest BCUT2D eigenvalue weighted by molar-refractivity contribution is 5.99. The van der Waals surface area contributed by atoms with Crippen LogP contribution in [0.2, 0.25) is 0 Å². The number of primary amides is 1. The largest absolute Gasteiger partial charge is 0.481 e. The fraction of sp³-hybridized carbons (Fsp3) is 0.630. The summed E-state index contributed by atoms with van der Waals surface area (Å²) in [6.45, 7) is 5.96. The maximum Gasteiger partial charge on any atom is 0.306 e. The summed E-state index contributed by atoms with van der Waals surface area (Å²) in [5.74, 6) is -12.6. The van der Waals surface area contributed by atoms with E-state index >= 15 is 0 Å². The van der Waals surface area contributed by atoms with Crippen LogP contribution in [0.4, 0.5) is 0 Å². The van der Waals surface area contributed by atoms with Crippen LogP contribution in [0.5, 0.6) is 0 Å². The standard InChI is InChI=1S/C54H78N8O15/c1-30(2)21-33(52(74)59-31(3)43(64)15-18-50(71)62-20-8-12-42(62)47(68)23-32(54(76)77)9-6-7-19-55)24-46(67)41(22-35-28-57-38-11-5-4-10-37(35)38)61-53(75)34(26-51(72)73)25-45(66)39(13-16-48(56)69)60-49(70)17-14-44(65)40-27-36(63)29-58-40/h4-5,10-11,28,30-34,36,39-42,57-58,63H,6-9,12-27,29,55H2,1-3H3,(H2,56,69)(H,59,74)(H,60,70)(H,61,75)(H,72,73)(H,76,77)/t31-,32+,33+,34-,36+,39-,40-,41-,42-/m0/s1. The van der Waals surface area contributed by atoms with Crippen molar-refractivity contribution in [1.29, 1.82) is 0 Å². The zero-order chi connectivity index (χ0) is 56.9. The smallest absolute Gasteiger partial charge is 0.306 e. The van der Waals surface area contributed by atoms with Gasteiger partial charge >= 0.3 is 11.9 Å². The molecule has 2 aliphatic heterocycles. The number of rotatable bonds is 36. The van der Waals surface area contributed by atoms with Crippen LogP contribution in [0.25, 0.3) is 10.9 Å². The third kappa shape index (κ3) is 20.3. The summed E-state index contributed by atoms with van der Waals surface area (Å²) in [6, 6.07) is 1.77. The van der Waals surface area contributed by atoms with E-state index in [4.69, 9.17) is 11.5 Å². The molecule has 23 nitrogen and oxygen atoms in total. The maximum atomic E-state index is 14.6. The Bertz CT molecular complexity index is 2460. The number of aliphatic hydroxyl groups excluding tert-OH is 1. The summed E-state index contributed by atoms with van der Waals surface area (Å²) >= 11 is 0. The molecule has 2 saturated heterocycles. The highest BCUT2D eigenvalue weighted by Gasteiger charge is 2.38. The Balaban J connectivity index is 1.47. The molecule has 0 aliphatic carbocycles. The van der Waals surface area contributed by atoms with Crippen LogP contribution in [-0.2, 0) is 64.0 Å². The van der Waals surface area contributed by atoms with Gasteiger partial charge in [-0.25, -0.2) is 0 Å². The minimum atomic E-state index is -1.60. The third-order valence-corrected chi connectivity index (χ3v) is 14.3. The second-order valence-corrected chi connectivity index (χ2v) is 21.0. The second kappa shape index (κ2) is 30.9. The number of benzene rings is 1. The van der Waals surface area contributed by atoms with Crippen LogP contribution in [0.3, 0.4) is 0 Å². The number of ketones is 5. The first-order valence-corrected chi connectivity index (χ1v) is 26.7. The van der Waals surface area contributed by atoms with Gasteiger partial charge in [-0.2, -0.15) is 0 Å². The quantitative estimate of drug-likeness (QED) is 0.0430. The first kappa shape index (κ1) is 62.8. The Morgan fingerprint density at radius 2 is 1.43 bits per heavy atom. The lowest BCUT2D eigenvalue weighted by molar-refractivity contribution is -0.145. The molecule has 424 valence electrons. The average molecular weight is 1080 g/mol. The zero-order valence-electron chi connectivity index (χ0n) is 44.4. The van der Waals surface area contributed by atoms with E-state index in [2.05, 4.69) is 26.3 Å². The number of nitrogens with zero attached hydrogens (tertiary/aromatic N) is 1. The van der Waals surface area contributed by atoms with E-state index in [1.54, 1.807) is 30.5 Å². The van der Waals surface area contributed by atoms with Crippen molar-refractivity contribution in [3.63, 3.8) is 0 Å². The van der Waals surface area contributed by atoms with Crippen LogP contribution in [0.1, 0.15) is 135 Å². The van der Waals surface area contributed by atoms with E-state index in [-0.39, 0.29) is 101 Å². The minimum Gasteiger partial charge on any atom is -0.481 e. The number of aromatic nitrogens is 1. The van der Waals surface area contributed by atoms with Crippen LogP contribution in [0.15, 0.2) is 30.5 Å². The fourth-order valence-electron chi connectivity index (χ4n) is 10.0. The van der Waals surface area contributed by atoms with Crippen LogP contribution in [-0.4, -0.2) is 152 Å². The molecule has 0 spiro atoms. The molecule has 2 aromatic rings. The fourth-order valence-corrected chi connectivity index (χ4v) is 10.0. The molecule has 0 bridgehead atoms. The number of carboxylic acid groups (broad SMARTS) is 2. The van der Waals surface area contributed by atoms with E-state index < -0.39 is 132 Å². The van der Waals surface area contributed by atoms with Crippen molar-refractivity contribution < 1.29 is 72.9 Å². The van der Waals surface area contributed by atoms with Gasteiger partial charge < -0.3 is 57.9 Å². The van der Waals surface area contributed by atoms with Crippen molar-refractivity contribution in [3.05, 3.63) is 36.0 Å². The number of unbranched alkanes of at least 4 members (excludes halogenated alkanes) is 1. The van der Waals surface area contributed by atoms with Gasteiger partial charge in [0.05, 0.1) is 54.6 Å². The van der Waals surface area contributed by atoms with Gasteiger partial charge in [-0.3, -0.25) is 57.5 Å². The molecule has 77 heavy (non-hydrogen) atoms. The molecule has 2 aliphatic rings. The van der Waals surface area contributed by atoms with Gasteiger partial charge in [0.1, 0.15) is 5.78 Å². The van der Waals surface area contributed by atoms with Crippen molar-refractivity contribution in [2.75, 3.05) is 19.6 Å². The number of β-amino-alcohol motifs (C(OH)–C–C–N with tert-alkyl or cyclic N) is 1. The SMILES string of the molecule is CC(C)C[C@H](CC(=O)[C@H](Cc1c[nH]c2ccccc12)NC(=O)[C@H](CC(=O)O)CC(=O)[C@H](CCC(N)=O)NC(=O)CCC(=O)[C@@H]1C[C@@H](O)CN1)C(=O)N[C@@H](C)C(=O)CCC(=O)N1CCC[C@H]1C(=O)C[C@@H](CCCCN)C(=O)O. The van der Waals surface area contributed by atoms with Gasteiger partial charge in [-0.05, 0) is 76.0 Å². The number of H-pyrrole nitrogens is 1. The number of Topliss-reactive ketones (excluding diaryl/α,β-unsaturated/α-hetero) is 5. The van der Waals surface area contributed by atoms with Gasteiger partial charge in [0, 0.05) is 93.9 Å². The topological polar surface area (TPSA) is 385 Å². The third-order valence-electron chi connectivity index (χ3n) is 14.3. The highest BCUT2D eigenvalue weighted by Crippen LogP contribution is 2.26. The summed E-state index contributed by atoms with van der Waals surface area (Å²) in [7, 11) is 0. The van der Waals surface area contributed by atoms with E-state index in [1.165, 1.54) is 11.8 Å². The molecule has 23 heteroatoms. The summed E-state index contributed by atoms with van der Waals surface area (Å²) in [5.41, 5.74) is 12.2. The number of carboxylic acids is 2. The van der Waals surface area contributed by atoms with Gasteiger partial charge in [0.2, 0.25) is 29.5 Å².